The Labute approximate surface area is 110 Å². The molecule has 1 fully saturated rings. The second-order valence-corrected chi connectivity index (χ2v) is 5.50. The molecule has 1 aliphatic rings. The molecule has 0 N–H and O–H groups in total. The molecule has 1 saturated heterocycles. The molecule has 2 heteroatoms. The average Bonchev–Trinajstić information content (AvgIpc) is 2.88. The van der Waals surface area contributed by atoms with Crippen molar-refractivity contribution in [1.82, 2.24) is 4.90 Å². The molecule has 0 atom stereocenters. The minimum atomic E-state index is 0.230. The number of hydrogen-bond acceptors (Lipinski definition) is 1. The zero-order valence-electron chi connectivity index (χ0n) is 12.2. The van der Waals surface area contributed by atoms with Crippen LogP contribution in [0.5, 0.6) is 0 Å². The second kappa shape index (κ2) is 4.75. The van der Waals surface area contributed by atoms with Gasteiger partial charge in [0.05, 0.1) is 0 Å². The van der Waals surface area contributed by atoms with Gasteiger partial charge in [-0.25, -0.2) is 0 Å². The summed E-state index contributed by atoms with van der Waals surface area (Å²) in [4.78, 5) is 14.6. The van der Waals surface area contributed by atoms with E-state index in [0.717, 1.165) is 42.6 Å². The van der Waals surface area contributed by atoms with Gasteiger partial charge in [0, 0.05) is 18.7 Å². The Morgan fingerprint density at radius 2 is 1.17 bits per heavy atom. The van der Waals surface area contributed by atoms with Crippen LogP contribution in [-0.2, 0) is 0 Å². The first-order valence-electron chi connectivity index (χ1n) is 6.81. The summed E-state index contributed by atoms with van der Waals surface area (Å²) in [5.41, 5.74) is 7.11. The molecule has 1 heterocycles. The van der Waals surface area contributed by atoms with Gasteiger partial charge in [0.25, 0.3) is 5.91 Å². The molecular formula is C16H23NO. The highest BCUT2D eigenvalue weighted by molar-refractivity contribution is 5.98. The monoisotopic (exact) mass is 245 g/mol. The molecule has 0 spiro atoms. The van der Waals surface area contributed by atoms with Crippen molar-refractivity contribution >= 4 is 5.91 Å². The van der Waals surface area contributed by atoms with Gasteiger partial charge in [-0.3, -0.25) is 4.79 Å². The van der Waals surface area contributed by atoms with Crippen LogP contribution in [0.4, 0.5) is 0 Å². The van der Waals surface area contributed by atoms with Crippen molar-refractivity contribution in [3.8, 4) is 0 Å². The van der Waals surface area contributed by atoms with Gasteiger partial charge in [0.1, 0.15) is 0 Å². The van der Waals surface area contributed by atoms with Crippen LogP contribution in [0, 0.1) is 34.6 Å². The molecule has 0 unspecified atom stereocenters. The van der Waals surface area contributed by atoms with E-state index in [1.165, 1.54) is 16.7 Å². The second-order valence-electron chi connectivity index (χ2n) is 5.50. The minimum Gasteiger partial charge on any atom is -0.339 e. The Kier molecular flexibility index (Phi) is 3.47. The number of amides is 1. The lowest BCUT2D eigenvalue weighted by Gasteiger charge is -2.22. The fraction of sp³-hybridized carbons (Fsp3) is 0.562. The summed E-state index contributed by atoms with van der Waals surface area (Å²) < 4.78 is 0. The summed E-state index contributed by atoms with van der Waals surface area (Å²) in [6, 6.07) is 0. The maximum absolute atomic E-state index is 12.6. The molecule has 1 aromatic rings. The van der Waals surface area contributed by atoms with Gasteiger partial charge in [-0.2, -0.15) is 0 Å². The van der Waals surface area contributed by atoms with Gasteiger partial charge in [0.2, 0.25) is 0 Å². The molecular weight excluding hydrogens is 222 g/mol. The van der Waals surface area contributed by atoms with Crippen LogP contribution in [-0.4, -0.2) is 23.9 Å². The van der Waals surface area contributed by atoms with Gasteiger partial charge in [-0.1, -0.05) is 0 Å². The van der Waals surface area contributed by atoms with Gasteiger partial charge in [-0.05, 0) is 75.3 Å². The first-order chi connectivity index (χ1) is 8.45. The predicted molar refractivity (Wildman–Crippen MR) is 75.3 cm³/mol. The Morgan fingerprint density at radius 3 is 1.61 bits per heavy atom. The lowest BCUT2D eigenvalue weighted by Crippen LogP contribution is -2.29. The minimum absolute atomic E-state index is 0.230. The normalized spacial score (nSPS) is 15.3. The van der Waals surface area contributed by atoms with E-state index in [1.54, 1.807) is 0 Å². The number of carbonyl (C=O) groups excluding carboxylic acids is 1. The van der Waals surface area contributed by atoms with Crippen LogP contribution in [0.3, 0.4) is 0 Å². The van der Waals surface area contributed by atoms with Crippen LogP contribution in [0.15, 0.2) is 0 Å². The molecule has 0 bridgehead atoms. The molecule has 0 aliphatic carbocycles. The van der Waals surface area contributed by atoms with Crippen molar-refractivity contribution in [3.63, 3.8) is 0 Å². The SMILES string of the molecule is Cc1c(C)c(C)c(C(=O)N2CCCC2)c(C)c1C. The van der Waals surface area contributed by atoms with Crippen molar-refractivity contribution in [3.05, 3.63) is 33.4 Å². The zero-order chi connectivity index (χ0) is 13.4. The smallest absolute Gasteiger partial charge is 0.254 e. The number of nitrogens with zero attached hydrogens (tertiary/aromatic N) is 1. The fourth-order valence-corrected chi connectivity index (χ4v) is 2.90. The summed E-state index contributed by atoms with van der Waals surface area (Å²) in [7, 11) is 0. The highest BCUT2D eigenvalue weighted by Crippen LogP contribution is 2.27. The van der Waals surface area contributed by atoms with E-state index >= 15 is 0 Å². The molecule has 18 heavy (non-hydrogen) atoms. The van der Waals surface area contributed by atoms with Crippen LogP contribution in [0.2, 0.25) is 0 Å². The molecule has 2 rings (SSSR count). The topological polar surface area (TPSA) is 20.3 Å². The van der Waals surface area contributed by atoms with E-state index in [2.05, 4.69) is 34.6 Å². The fourth-order valence-electron chi connectivity index (χ4n) is 2.90. The first kappa shape index (κ1) is 13.1. The van der Waals surface area contributed by atoms with Gasteiger partial charge in [-0.15, -0.1) is 0 Å². The third-order valence-corrected chi connectivity index (χ3v) is 4.61. The number of benzene rings is 1. The van der Waals surface area contributed by atoms with Crippen LogP contribution in [0.25, 0.3) is 0 Å². The van der Waals surface area contributed by atoms with E-state index in [-0.39, 0.29) is 5.91 Å². The van der Waals surface area contributed by atoms with Gasteiger partial charge >= 0.3 is 0 Å². The molecule has 0 saturated carbocycles. The maximum atomic E-state index is 12.6. The molecule has 98 valence electrons. The summed E-state index contributed by atoms with van der Waals surface area (Å²) in [5, 5.41) is 0. The van der Waals surface area contributed by atoms with E-state index in [1.807, 2.05) is 4.90 Å². The first-order valence-corrected chi connectivity index (χ1v) is 6.81. The highest BCUT2D eigenvalue weighted by Gasteiger charge is 2.24. The lowest BCUT2D eigenvalue weighted by atomic mass is 9.89. The Bertz CT molecular complexity index is 467. The maximum Gasteiger partial charge on any atom is 0.254 e. The summed E-state index contributed by atoms with van der Waals surface area (Å²) in [6.07, 6.45) is 2.29. The predicted octanol–water partition coefficient (Wildman–Crippen LogP) is 3.46. The number of hydrogen-bond donors (Lipinski definition) is 0. The van der Waals surface area contributed by atoms with Crippen LogP contribution >= 0.6 is 0 Å². The Balaban J connectivity index is 2.53. The van der Waals surface area contributed by atoms with Gasteiger partial charge < -0.3 is 4.90 Å². The van der Waals surface area contributed by atoms with Crippen molar-refractivity contribution in [1.29, 1.82) is 0 Å². The molecule has 1 amide bonds. The quantitative estimate of drug-likeness (QED) is 0.742. The van der Waals surface area contributed by atoms with Crippen molar-refractivity contribution < 1.29 is 4.79 Å². The summed E-state index contributed by atoms with van der Waals surface area (Å²) >= 11 is 0. The number of carbonyl (C=O) groups is 1. The standard InChI is InChI=1S/C16H23NO/c1-10-11(2)13(4)15(14(5)12(10)3)16(18)17-8-6-7-9-17/h6-9H2,1-5H3. The van der Waals surface area contributed by atoms with Crippen molar-refractivity contribution in [2.45, 2.75) is 47.5 Å². The van der Waals surface area contributed by atoms with E-state index in [0.29, 0.717) is 0 Å². The third-order valence-electron chi connectivity index (χ3n) is 4.61. The van der Waals surface area contributed by atoms with Crippen molar-refractivity contribution in [2.24, 2.45) is 0 Å². The number of rotatable bonds is 1. The Hall–Kier alpha value is -1.31. The number of likely N-dealkylation sites (tertiary alicyclic amines) is 1. The molecule has 1 aromatic carbocycles. The molecule has 0 radical (unpaired) electrons. The molecule has 1 aliphatic heterocycles. The summed E-state index contributed by atoms with van der Waals surface area (Å²) in [6.45, 7) is 12.4. The van der Waals surface area contributed by atoms with Crippen LogP contribution < -0.4 is 0 Å². The lowest BCUT2D eigenvalue weighted by molar-refractivity contribution is 0.0791. The van der Waals surface area contributed by atoms with Crippen molar-refractivity contribution in [2.75, 3.05) is 13.1 Å². The highest BCUT2D eigenvalue weighted by atomic mass is 16.2. The van der Waals surface area contributed by atoms with E-state index in [4.69, 9.17) is 0 Å². The zero-order valence-corrected chi connectivity index (χ0v) is 12.2. The largest absolute Gasteiger partial charge is 0.339 e. The third kappa shape index (κ3) is 1.94. The average molecular weight is 245 g/mol. The molecule has 2 nitrogen and oxygen atoms in total. The van der Waals surface area contributed by atoms with Crippen LogP contribution in [0.1, 0.15) is 51.0 Å². The Morgan fingerprint density at radius 1 is 0.778 bits per heavy atom. The van der Waals surface area contributed by atoms with E-state index in [9.17, 15) is 4.79 Å². The summed E-state index contributed by atoms with van der Waals surface area (Å²) in [5.74, 6) is 0.230. The van der Waals surface area contributed by atoms with E-state index < -0.39 is 0 Å². The van der Waals surface area contributed by atoms with Gasteiger partial charge in [0.15, 0.2) is 0 Å². The molecule has 0 aromatic heterocycles.